The number of nitrogens with zero attached hydrogens (tertiary/aromatic N) is 5. The maximum absolute atomic E-state index is 12.9. The fraction of sp³-hybridized carbons (Fsp3) is 0.136. The average molecular weight is 464 g/mol. The third kappa shape index (κ3) is 3.57. The van der Waals surface area contributed by atoms with Gasteiger partial charge >= 0.3 is 0 Å². The number of thiazole rings is 1. The first kappa shape index (κ1) is 20.4. The molecule has 1 fully saturated rings. The number of nitro groups is 1. The first-order valence-electron chi connectivity index (χ1n) is 9.79. The molecule has 2 aliphatic heterocycles. The second-order valence-corrected chi connectivity index (χ2v) is 9.28. The molecule has 5 rings (SSSR count). The molecule has 1 saturated heterocycles. The third-order valence-corrected chi connectivity index (χ3v) is 7.29. The van der Waals surface area contributed by atoms with Crippen LogP contribution in [0.5, 0.6) is 0 Å². The van der Waals surface area contributed by atoms with E-state index in [1.165, 1.54) is 23.5 Å². The van der Waals surface area contributed by atoms with Crippen molar-refractivity contribution in [1.82, 2.24) is 4.98 Å². The highest BCUT2D eigenvalue weighted by Crippen LogP contribution is 2.50. The van der Waals surface area contributed by atoms with Crippen molar-refractivity contribution in [3.63, 3.8) is 0 Å². The van der Waals surface area contributed by atoms with E-state index in [2.05, 4.69) is 4.98 Å². The molecule has 2 aromatic carbocycles. The Kier molecular flexibility index (Phi) is 5.24. The normalized spacial score (nSPS) is 20.5. The van der Waals surface area contributed by atoms with Gasteiger partial charge in [0.2, 0.25) is 5.91 Å². The Morgan fingerprint density at radius 1 is 1.09 bits per heavy atom. The Morgan fingerprint density at radius 2 is 1.88 bits per heavy atom. The van der Waals surface area contributed by atoms with Crippen LogP contribution in [0.15, 0.2) is 77.4 Å². The molecule has 0 N–H and O–H groups in total. The van der Waals surface area contributed by atoms with Crippen molar-refractivity contribution in [3.05, 3.63) is 87.9 Å². The summed E-state index contributed by atoms with van der Waals surface area (Å²) in [5.74, 6) is 0.347. The van der Waals surface area contributed by atoms with Gasteiger partial charge in [0.1, 0.15) is 0 Å². The summed E-state index contributed by atoms with van der Waals surface area (Å²) < 4.78 is 0. The van der Waals surface area contributed by atoms with Gasteiger partial charge in [-0.2, -0.15) is 5.10 Å². The standard InChI is InChI=1S/C22H17N5O3S2/c28-20-15-32-22(25(20)21-23-12-13-31-21)14-17(24-26(22)18-4-2-1-3-5-18)9-6-16-7-10-19(11-8-16)27(29)30/h1-13H,14-15H2/b9-6+. The SMILES string of the molecule is O=C1CSC2(CC(/C=C/c3ccc([N+](=O)[O-])cc3)=NN2c2ccccc2)N1c1nccs1. The molecule has 10 heteroatoms. The van der Waals surface area contributed by atoms with Crippen molar-refractivity contribution in [1.29, 1.82) is 0 Å². The monoisotopic (exact) mass is 463 g/mol. The van der Waals surface area contributed by atoms with Gasteiger partial charge in [-0.15, -0.1) is 11.3 Å². The lowest BCUT2D eigenvalue weighted by atomic mass is 10.1. The molecule has 1 amide bonds. The number of amides is 1. The lowest BCUT2D eigenvalue weighted by molar-refractivity contribution is -0.384. The molecule has 1 aromatic heterocycles. The topological polar surface area (TPSA) is 91.9 Å². The molecule has 32 heavy (non-hydrogen) atoms. The first-order valence-corrected chi connectivity index (χ1v) is 11.7. The number of para-hydroxylation sites is 1. The second kappa shape index (κ2) is 8.21. The maximum Gasteiger partial charge on any atom is 0.269 e. The van der Waals surface area contributed by atoms with Crippen LogP contribution in [-0.4, -0.2) is 32.3 Å². The zero-order valence-corrected chi connectivity index (χ0v) is 18.3. The van der Waals surface area contributed by atoms with E-state index < -0.39 is 9.92 Å². The Hall–Kier alpha value is -3.50. The van der Waals surface area contributed by atoms with Crippen molar-refractivity contribution in [2.45, 2.75) is 11.4 Å². The molecule has 0 saturated carbocycles. The van der Waals surface area contributed by atoms with E-state index in [1.54, 1.807) is 35.0 Å². The minimum atomic E-state index is -0.731. The van der Waals surface area contributed by atoms with Crippen LogP contribution in [0.1, 0.15) is 12.0 Å². The van der Waals surface area contributed by atoms with Crippen LogP contribution in [0, 0.1) is 10.1 Å². The van der Waals surface area contributed by atoms with Gasteiger partial charge in [0, 0.05) is 30.1 Å². The van der Waals surface area contributed by atoms with Gasteiger partial charge in [-0.25, -0.2) is 9.99 Å². The number of allylic oxidation sites excluding steroid dienone is 1. The van der Waals surface area contributed by atoms with Crippen molar-refractivity contribution >= 4 is 57.3 Å². The number of hydrazone groups is 1. The van der Waals surface area contributed by atoms with E-state index in [0.717, 1.165) is 17.0 Å². The Balaban J connectivity index is 1.50. The second-order valence-electron chi connectivity index (χ2n) is 7.17. The first-order chi connectivity index (χ1) is 15.6. The largest absolute Gasteiger partial charge is 0.273 e. The number of carbonyl (C=O) groups is 1. The number of thioether (sulfide) groups is 1. The van der Waals surface area contributed by atoms with Crippen molar-refractivity contribution in [2.75, 3.05) is 15.7 Å². The van der Waals surface area contributed by atoms with Gasteiger partial charge in [0.25, 0.3) is 5.69 Å². The van der Waals surface area contributed by atoms with E-state index in [0.29, 0.717) is 17.3 Å². The Morgan fingerprint density at radius 3 is 2.56 bits per heavy atom. The highest BCUT2D eigenvalue weighted by Gasteiger charge is 2.56. The van der Waals surface area contributed by atoms with Crippen LogP contribution >= 0.6 is 23.1 Å². The predicted octanol–water partition coefficient (Wildman–Crippen LogP) is 4.76. The van der Waals surface area contributed by atoms with Crippen LogP contribution in [0.2, 0.25) is 0 Å². The quantitative estimate of drug-likeness (QED) is 0.400. The maximum atomic E-state index is 12.9. The molecular weight excluding hydrogens is 446 g/mol. The fourth-order valence-electron chi connectivity index (χ4n) is 3.74. The molecule has 2 aliphatic rings. The van der Waals surface area contributed by atoms with Gasteiger partial charge in [0.15, 0.2) is 10.1 Å². The number of hydrogen-bond acceptors (Lipinski definition) is 8. The van der Waals surface area contributed by atoms with Crippen LogP contribution in [0.4, 0.5) is 16.5 Å². The summed E-state index contributed by atoms with van der Waals surface area (Å²) in [4.78, 5) is 28.8. The minimum Gasteiger partial charge on any atom is -0.273 e. The number of non-ortho nitro benzene ring substituents is 1. The van der Waals surface area contributed by atoms with Gasteiger partial charge in [0.05, 0.1) is 22.1 Å². The van der Waals surface area contributed by atoms with Crippen molar-refractivity contribution in [3.8, 4) is 0 Å². The van der Waals surface area contributed by atoms with Gasteiger partial charge in [-0.3, -0.25) is 19.8 Å². The number of rotatable bonds is 5. The Labute approximate surface area is 192 Å². The lowest BCUT2D eigenvalue weighted by Crippen LogP contribution is -2.53. The number of carbonyl (C=O) groups excluding carboxylic acids is 1. The van der Waals surface area contributed by atoms with E-state index in [4.69, 9.17) is 5.10 Å². The molecule has 3 aromatic rings. The molecule has 1 unspecified atom stereocenters. The lowest BCUT2D eigenvalue weighted by Gasteiger charge is -2.38. The van der Waals surface area contributed by atoms with E-state index in [9.17, 15) is 14.9 Å². The van der Waals surface area contributed by atoms with Gasteiger partial charge in [-0.1, -0.05) is 36.0 Å². The number of nitro benzene ring substituents is 1. The number of anilines is 2. The molecule has 160 valence electrons. The molecule has 0 aliphatic carbocycles. The molecule has 0 radical (unpaired) electrons. The predicted molar refractivity (Wildman–Crippen MR) is 128 cm³/mol. The Bertz CT molecular complexity index is 1210. The molecular formula is C22H17N5O3S2. The van der Waals surface area contributed by atoms with Crippen LogP contribution < -0.4 is 9.91 Å². The molecule has 0 bridgehead atoms. The molecule has 1 spiro atoms. The highest BCUT2D eigenvalue weighted by atomic mass is 32.2. The number of aromatic nitrogens is 1. The smallest absolute Gasteiger partial charge is 0.269 e. The van der Waals surface area contributed by atoms with Crippen molar-refractivity contribution < 1.29 is 9.72 Å². The summed E-state index contributed by atoms with van der Waals surface area (Å²) in [7, 11) is 0. The highest BCUT2D eigenvalue weighted by molar-refractivity contribution is 8.02. The summed E-state index contributed by atoms with van der Waals surface area (Å²) in [6, 6.07) is 16.1. The third-order valence-electron chi connectivity index (χ3n) is 5.18. The average Bonchev–Trinajstić information content (AvgIpc) is 3.53. The number of hydrogen-bond donors (Lipinski definition) is 0. The van der Waals surface area contributed by atoms with Crippen molar-refractivity contribution in [2.24, 2.45) is 5.10 Å². The summed E-state index contributed by atoms with van der Waals surface area (Å²) in [5.41, 5.74) is 2.57. The summed E-state index contributed by atoms with van der Waals surface area (Å²) in [6.45, 7) is 0. The van der Waals surface area contributed by atoms with E-state index in [1.807, 2.05) is 52.9 Å². The summed E-state index contributed by atoms with van der Waals surface area (Å²) >= 11 is 2.97. The molecule has 1 atom stereocenters. The minimum absolute atomic E-state index is 0.00156. The summed E-state index contributed by atoms with van der Waals surface area (Å²) in [6.07, 6.45) is 5.98. The fourth-order valence-corrected chi connectivity index (χ4v) is 5.84. The van der Waals surface area contributed by atoms with Crippen LogP contribution in [0.25, 0.3) is 6.08 Å². The molecule has 8 nitrogen and oxygen atoms in total. The van der Waals surface area contributed by atoms with Gasteiger partial charge < -0.3 is 0 Å². The summed E-state index contributed by atoms with van der Waals surface area (Å²) in [5, 5.41) is 20.1. The van der Waals surface area contributed by atoms with Crippen LogP contribution in [-0.2, 0) is 4.79 Å². The van der Waals surface area contributed by atoms with E-state index >= 15 is 0 Å². The van der Waals surface area contributed by atoms with E-state index in [-0.39, 0.29) is 11.6 Å². The zero-order chi connectivity index (χ0) is 22.1. The molecule has 3 heterocycles. The zero-order valence-electron chi connectivity index (χ0n) is 16.7. The van der Waals surface area contributed by atoms with Crippen LogP contribution in [0.3, 0.4) is 0 Å². The number of benzene rings is 2. The van der Waals surface area contributed by atoms with Gasteiger partial charge in [-0.05, 0) is 35.9 Å².